The second-order valence-corrected chi connectivity index (χ2v) is 6.35. The topological polar surface area (TPSA) is 30.1 Å². The number of hydrogen-bond donors (Lipinski definition) is 1. The fourth-order valence-electron chi connectivity index (χ4n) is 3.88. The van der Waals surface area contributed by atoms with Gasteiger partial charge in [0.15, 0.2) is 4.77 Å². The molecule has 3 nitrogen and oxygen atoms in total. The number of hydrogen-bond acceptors (Lipinski definition) is 2. The molecule has 108 valence electrons. The van der Waals surface area contributed by atoms with Crippen LogP contribution in [-0.4, -0.2) is 14.2 Å². The minimum Gasteiger partial charge on any atom is -0.493 e. The van der Waals surface area contributed by atoms with E-state index in [0.29, 0.717) is 22.6 Å². The number of aromatic hydroxyl groups is 1. The van der Waals surface area contributed by atoms with Crippen LogP contribution in [0.1, 0.15) is 24.1 Å². The van der Waals surface area contributed by atoms with Crippen molar-refractivity contribution in [3.63, 3.8) is 0 Å². The van der Waals surface area contributed by atoms with Gasteiger partial charge in [0.25, 0.3) is 0 Å². The molecule has 22 heavy (non-hydrogen) atoms. The van der Waals surface area contributed by atoms with Crippen LogP contribution in [0.3, 0.4) is 0 Å². The van der Waals surface area contributed by atoms with Crippen molar-refractivity contribution in [3.05, 3.63) is 65.1 Å². The van der Waals surface area contributed by atoms with Gasteiger partial charge in [-0.05, 0) is 30.1 Å². The molecule has 2 aliphatic rings. The first kappa shape index (κ1) is 12.2. The largest absolute Gasteiger partial charge is 0.493 e. The van der Waals surface area contributed by atoms with Crippen LogP contribution in [-0.2, 0) is 0 Å². The molecule has 1 aromatic heterocycles. The van der Waals surface area contributed by atoms with E-state index < -0.39 is 0 Å². The summed E-state index contributed by atoms with van der Waals surface area (Å²) >= 11 is 5.68. The lowest BCUT2D eigenvalue weighted by Gasteiger charge is -2.10. The van der Waals surface area contributed by atoms with Crippen molar-refractivity contribution in [2.24, 2.45) is 0 Å². The second kappa shape index (κ2) is 4.11. The quantitative estimate of drug-likeness (QED) is 0.531. The molecular formula is C18H14N2OS. The first-order valence-corrected chi connectivity index (χ1v) is 7.89. The molecule has 2 heterocycles. The van der Waals surface area contributed by atoms with Crippen LogP contribution >= 0.6 is 12.2 Å². The normalized spacial score (nSPS) is 21.6. The molecule has 1 aliphatic carbocycles. The van der Waals surface area contributed by atoms with Crippen molar-refractivity contribution in [2.75, 3.05) is 0 Å². The van der Waals surface area contributed by atoms with Gasteiger partial charge in [0.1, 0.15) is 0 Å². The van der Waals surface area contributed by atoms with E-state index in [4.69, 9.17) is 12.2 Å². The first-order chi connectivity index (χ1) is 10.8. The highest BCUT2D eigenvalue weighted by Crippen LogP contribution is 2.49. The van der Waals surface area contributed by atoms with Gasteiger partial charge in [-0.15, -0.1) is 0 Å². The Balaban J connectivity index is 1.86. The highest BCUT2D eigenvalue weighted by atomic mass is 32.1. The standard InChI is InChI=1S/C18H14N2OS/c21-17-16-12-8-9-13(10-12)19(16)18(22)20(17)15-7-3-5-11-4-1-2-6-14(11)15/h1-9,12-13,21H,10H2/t12?,13-/m0/s1. The Hall–Kier alpha value is -2.33. The van der Waals surface area contributed by atoms with Gasteiger partial charge in [0, 0.05) is 11.3 Å². The maximum atomic E-state index is 10.8. The van der Waals surface area contributed by atoms with Crippen LogP contribution in [0.2, 0.25) is 0 Å². The maximum absolute atomic E-state index is 10.8. The summed E-state index contributed by atoms with van der Waals surface area (Å²) in [6.07, 6.45) is 5.41. The number of nitrogens with zero attached hydrogens (tertiary/aromatic N) is 2. The summed E-state index contributed by atoms with van der Waals surface area (Å²) in [5, 5.41) is 13.1. The maximum Gasteiger partial charge on any atom is 0.218 e. The average Bonchev–Trinajstić information content (AvgIpc) is 3.21. The lowest BCUT2D eigenvalue weighted by molar-refractivity contribution is 0.434. The van der Waals surface area contributed by atoms with Crippen molar-refractivity contribution < 1.29 is 5.11 Å². The van der Waals surface area contributed by atoms with Gasteiger partial charge in [-0.2, -0.15) is 0 Å². The highest BCUT2D eigenvalue weighted by Gasteiger charge is 2.38. The van der Waals surface area contributed by atoms with Crippen molar-refractivity contribution in [2.45, 2.75) is 18.4 Å². The third-order valence-electron chi connectivity index (χ3n) is 4.85. The fraction of sp³-hybridized carbons (Fsp3) is 0.167. The highest BCUT2D eigenvalue weighted by molar-refractivity contribution is 7.71. The third-order valence-corrected chi connectivity index (χ3v) is 5.23. The minimum absolute atomic E-state index is 0.290. The zero-order chi connectivity index (χ0) is 14.8. The molecule has 0 saturated carbocycles. The van der Waals surface area contributed by atoms with Crippen LogP contribution in [0.25, 0.3) is 16.5 Å². The molecule has 1 N–H and O–H groups in total. The second-order valence-electron chi connectivity index (χ2n) is 5.99. The average molecular weight is 306 g/mol. The molecule has 2 bridgehead atoms. The molecule has 0 fully saturated rings. The molecular weight excluding hydrogens is 292 g/mol. The smallest absolute Gasteiger partial charge is 0.218 e. The molecule has 0 radical (unpaired) electrons. The van der Waals surface area contributed by atoms with Gasteiger partial charge in [-0.25, -0.2) is 0 Å². The van der Waals surface area contributed by atoms with Crippen molar-refractivity contribution in [1.29, 1.82) is 0 Å². The Labute approximate surface area is 132 Å². The Morgan fingerprint density at radius 1 is 1.05 bits per heavy atom. The third kappa shape index (κ3) is 1.38. The van der Waals surface area contributed by atoms with Crippen molar-refractivity contribution >= 4 is 23.0 Å². The summed E-state index contributed by atoms with van der Waals surface area (Å²) in [6.45, 7) is 0. The Morgan fingerprint density at radius 2 is 1.86 bits per heavy atom. The summed E-state index contributed by atoms with van der Waals surface area (Å²) in [4.78, 5) is 0. The van der Waals surface area contributed by atoms with Gasteiger partial charge in [0.2, 0.25) is 5.88 Å². The zero-order valence-corrected chi connectivity index (χ0v) is 12.6. The van der Waals surface area contributed by atoms with Gasteiger partial charge in [0.05, 0.1) is 17.4 Å². The predicted octanol–water partition coefficient (Wildman–Crippen LogP) is 4.47. The molecule has 0 spiro atoms. The molecule has 5 rings (SSSR count). The number of rotatable bonds is 1. The van der Waals surface area contributed by atoms with Crippen LogP contribution < -0.4 is 0 Å². The number of aromatic nitrogens is 2. The van der Waals surface area contributed by atoms with Gasteiger partial charge in [-0.3, -0.25) is 4.57 Å². The summed E-state index contributed by atoms with van der Waals surface area (Å²) in [5.41, 5.74) is 1.91. The van der Waals surface area contributed by atoms with Crippen molar-refractivity contribution in [1.82, 2.24) is 9.13 Å². The molecule has 1 aliphatic heterocycles. The Bertz CT molecular complexity index is 1010. The van der Waals surface area contributed by atoms with Crippen molar-refractivity contribution in [3.8, 4) is 11.6 Å². The molecule has 0 saturated heterocycles. The first-order valence-electron chi connectivity index (χ1n) is 7.48. The number of imidazole rings is 1. The number of allylic oxidation sites excluding steroid dienone is 2. The van der Waals surface area contributed by atoms with Gasteiger partial charge >= 0.3 is 0 Å². The summed E-state index contributed by atoms with van der Waals surface area (Å²) in [5.74, 6) is 0.584. The molecule has 2 atom stereocenters. The van der Waals surface area contributed by atoms with E-state index in [0.717, 1.165) is 28.6 Å². The summed E-state index contributed by atoms with van der Waals surface area (Å²) < 4.78 is 4.61. The zero-order valence-electron chi connectivity index (χ0n) is 11.8. The number of fused-ring (bicyclic) bond motifs is 6. The van der Waals surface area contributed by atoms with E-state index in [1.54, 1.807) is 0 Å². The van der Waals surface area contributed by atoms with E-state index in [1.165, 1.54) is 0 Å². The molecule has 1 unspecified atom stereocenters. The van der Waals surface area contributed by atoms with E-state index in [-0.39, 0.29) is 0 Å². The van der Waals surface area contributed by atoms with E-state index in [9.17, 15) is 5.11 Å². The SMILES string of the molecule is Oc1c2n(c(=S)n1-c1cccc3ccccc13)[C@H]1C=CC2C1. The van der Waals surface area contributed by atoms with Crippen LogP contribution in [0.5, 0.6) is 5.88 Å². The van der Waals surface area contributed by atoms with E-state index >= 15 is 0 Å². The van der Waals surface area contributed by atoms with Gasteiger partial charge < -0.3 is 9.67 Å². The number of benzene rings is 2. The van der Waals surface area contributed by atoms with E-state index in [2.05, 4.69) is 34.9 Å². The Kier molecular flexibility index (Phi) is 2.29. The van der Waals surface area contributed by atoms with Gasteiger partial charge in [-0.1, -0.05) is 48.6 Å². The summed E-state index contributed by atoms with van der Waals surface area (Å²) in [7, 11) is 0. The fourth-order valence-corrected chi connectivity index (χ4v) is 4.30. The summed E-state index contributed by atoms with van der Waals surface area (Å²) in [6, 6.07) is 14.6. The predicted molar refractivity (Wildman–Crippen MR) is 89.3 cm³/mol. The molecule has 4 heteroatoms. The minimum atomic E-state index is 0.290. The van der Waals surface area contributed by atoms with E-state index in [1.807, 2.05) is 28.8 Å². The Morgan fingerprint density at radius 3 is 2.73 bits per heavy atom. The monoisotopic (exact) mass is 306 g/mol. The molecule has 3 aromatic rings. The van der Waals surface area contributed by atoms with Crippen LogP contribution in [0.4, 0.5) is 0 Å². The molecule has 0 amide bonds. The van der Waals surface area contributed by atoms with Crippen LogP contribution in [0, 0.1) is 4.77 Å². The van der Waals surface area contributed by atoms with Crippen LogP contribution in [0.15, 0.2) is 54.6 Å². The lowest BCUT2D eigenvalue weighted by Crippen LogP contribution is -2.03. The lowest BCUT2D eigenvalue weighted by atomic mass is 10.1. The molecule has 2 aromatic carbocycles.